The largest absolute Gasteiger partial charge is 0.432 e. The monoisotopic (exact) mass is 573 g/mol. The summed E-state index contributed by atoms with van der Waals surface area (Å²) in [4.78, 5) is 24.9. The van der Waals surface area contributed by atoms with Gasteiger partial charge in [0.25, 0.3) is 11.8 Å². The van der Waals surface area contributed by atoms with Gasteiger partial charge < -0.3 is 20.7 Å². The van der Waals surface area contributed by atoms with Crippen molar-refractivity contribution < 1.29 is 40.7 Å². The highest BCUT2D eigenvalue weighted by atomic mass is 19.3. The molecule has 3 rings (SSSR count). The van der Waals surface area contributed by atoms with E-state index in [1.54, 1.807) is 6.92 Å². The van der Waals surface area contributed by atoms with Crippen LogP contribution in [0.1, 0.15) is 44.6 Å². The van der Waals surface area contributed by atoms with E-state index in [1.807, 2.05) is 0 Å². The van der Waals surface area contributed by atoms with E-state index in [-0.39, 0.29) is 30.3 Å². The predicted molar refractivity (Wildman–Crippen MR) is 136 cm³/mol. The molecular formula is C28H33F6N3O3. The normalized spacial score (nSPS) is 15.4. The molecule has 0 aromatic heterocycles. The summed E-state index contributed by atoms with van der Waals surface area (Å²) in [5, 5.41) is 7.78. The number of rotatable bonds is 17. The topological polar surface area (TPSA) is 79.5 Å². The van der Waals surface area contributed by atoms with Gasteiger partial charge in [0.1, 0.15) is 23.9 Å². The Balaban J connectivity index is 1.68. The Bertz CT molecular complexity index is 1110. The van der Waals surface area contributed by atoms with Gasteiger partial charge >= 0.3 is 6.11 Å². The lowest BCUT2D eigenvalue weighted by Gasteiger charge is -2.28. The van der Waals surface area contributed by atoms with Crippen molar-refractivity contribution in [3.63, 3.8) is 0 Å². The van der Waals surface area contributed by atoms with Gasteiger partial charge in [0.15, 0.2) is 0 Å². The fraction of sp³-hybridized carbons (Fsp3) is 0.500. The summed E-state index contributed by atoms with van der Waals surface area (Å²) < 4.78 is 90.0. The highest BCUT2D eigenvalue weighted by Gasteiger charge is 2.38. The van der Waals surface area contributed by atoms with Crippen molar-refractivity contribution in [1.29, 1.82) is 0 Å². The molecule has 0 saturated heterocycles. The van der Waals surface area contributed by atoms with Crippen LogP contribution in [0.5, 0.6) is 5.75 Å². The number of ether oxygens (including phenoxy) is 1. The second kappa shape index (κ2) is 14.0. The minimum atomic E-state index is -3.84. The van der Waals surface area contributed by atoms with Gasteiger partial charge in [0.2, 0.25) is 5.78 Å². The molecule has 0 aliphatic heterocycles. The minimum absolute atomic E-state index is 0.0540. The van der Waals surface area contributed by atoms with Gasteiger partial charge in [-0.15, -0.1) is 0 Å². The maximum Gasteiger partial charge on any atom is 0.410 e. The van der Waals surface area contributed by atoms with Crippen LogP contribution >= 0.6 is 0 Å². The highest BCUT2D eigenvalue weighted by molar-refractivity contribution is 6.38. The fourth-order valence-corrected chi connectivity index (χ4v) is 4.07. The van der Waals surface area contributed by atoms with Gasteiger partial charge in [0.05, 0.1) is 6.04 Å². The van der Waals surface area contributed by atoms with Crippen LogP contribution in [0.3, 0.4) is 0 Å². The van der Waals surface area contributed by atoms with Crippen molar-refractivity contribution in [3.05, 3.63) is 65.7 Å². The molecule has 2 atom stereocenters. The Morgan fingerprint density at radius 3 is 2.12 bits per heavy atom. The number of alkyl halides is 4. The summed E-state index contributed by atoms with van der Waals surface area (Å²) >= 11 is 0. The molecule has 2 aromatic rings. The van der Waals surface area contributed by atoms with Gasteiger partial charge in [-0.3, -0.25) is 9.59 Å². The third-order valence-electron chi connectivity index (χ3n) is 6.24. The van der Waals surface area contributed by atoms with Crippen molar-refractivity contribution in [2.24, 2.45) is 0 Å². The van der Waals surface area contributed by atoms with Gasteiger partial charge in [-0.1, -0.05) is 25.5 Å². The van der Waals surface area contributed by atoms with E-state index in [2.05, 4.69) is 20.7 Å². The zero-order chi connectivity index (χ0) is 29.3. The fourth-order valence-electron chi connectivity index (χ4n) is 4.07. The highest BCUT2D eigenvalue weighted by Crippen LogP contribution is 2.27. The van der Waals surface area contributed by atoms with Crippen LogP contribution in [-0.4, -0.2) is 54.9 Å². The Hall–Kier alpha value is -3.12. The smallest absolute Gasteiger partial charge is 0.410 e. The predicted octanol–water partition coefficient (Wildman–Crippen LogP) is 4.77. The SMILES string of the molecule is CCC[C@H](NC[C@H](CC(F)(F)Cc1ccc(F)cc1)NCC(F)(F)Oc1ccc(F)cc1)C(=O)C(=O)NC1CC1. The molecule has 0 bridgehead atoms. The summed E-state index contributed by atoms with van der Waals surface area (Å²) in [6, 6.07) is 6.07. The van der Waals surface area contributed by atoms with E-state index in [0.717, 1.165) is 49.2 Å². The molecule has 1 aliphatic rings. The van der Waals surface area contributed by atoms with Crippen LogP contribution in [0, 0.1) is 11.6 Å². The summed E-state index contributed by atoms with van der Waals surface area (Å²) in [5.41, 5.74) is 0.152. The molecule has 0 unspecified atom stereocenters. The molecule has 0 spiro atoms. The van der Waals surface area contributed by atoms with Crippen molar-refractivity contribution in [3.8, 4) is 5.75 Å². The molecular weight excluding hydrogens is 540 g/mol. The number of halogens is 6. The first-order chi connectivity index (χ1) is 18.9. The summed E-state index contributed by atoms with van der Waals surface area (Å²) in [7, 11) is 0. The second-order valence-corrected chi connectivity index (χ2v) is 10.00. The number of amides is 1. The quantitative estimate of drug-likeness (QED) is 0.188. The number of benzene rings is 2. The minimum Gasteiger partial charge on any atom is -0.432 e. The van der Waals surface area contributed by atoms with Crippen LogP contribution in [0.25, 0.3) is 0 Å². The van der Waals surface area contributed by atoms with E-state index in [4.69, 9.17) is 0 Å². The lowest BCUT2D eigenvalue weighted by atomic mass is 9.99. The van der Waals surface area contributed by atoms with Crippen LogP contribution < -0.4 is 20.7 Å². The van der Waals surface area contributed by atoms with Gasteiger partial charge in [0, 0.05) is 31.5 Å². The molecule has 12 heteroatoms. The number of hydrogen-bond donors (Lipinski definition) is 3. The third-order valence-corrected chi connectivity index (χ3v) is 6.24. The van der Waals surface area contributed by atoms with Crippen LogP contribution in [0.2, 0.25) is 0 Å². The summed E-state index contributed by atoms with van der Waals surface area (Å²) in [6.45, 7) is 0.275. The summed E-state index contributed by atoms with van der Waals surface area (Å²) in [6.07, 6.45) is -3.24. The molecule has 6 nitrogen and oxygen atoms in total. The average Bonchev–Trinajstić information content (AvgIpc) is 3.71. The third kappa shape index (κ3) is 10.8. The number of nitrogens with one attached hydrogen (secondary N) is 3. The van der Waals surface area contributed by atoms with Crippen LogP contribution in [0.15, 0.2) is 48.5 Å². The zero-order valence-corrected chi connectivity index (χ0v) is 22.0. The van der Waals surface area contributed by atoms with E-state index >= 15 is 8.78 Å². The zero-order valence-electron chi connectivity index (χ0n) is 22.0. The van der Waals surface area contributed by atoms with E-state index in [1.165, 1.54) is 12.1 Å². The molecule has 40 heavy (non-hydrogen) atoms. The molecule has 0 radical (unpaired) electrons. The van der Waals surface area contributed by atoms with Crippen molar-refractivity contribution in [2.45, 2.75) is 75.6 Å². The molecule has 2 aromatic carbocycles. The van der Waals surface area contributed by atoms with Crippen LogP contribution in [0.4, 0.5) is 26.3 Å². The van der Waals surface area contributed by atoms with Crippen molar-refractivity contribution in [1.82, 2.24) is 16.0 Å². The first-order valence-electron chi connectivity index (χ1n) is 13.1. The maximum atomic E-state index is 15.0. The molecule has 0 heterocycles. The number of hydrogen-bond acceptors (Lipinski definition) is 5. The van der Waals surface area contributed by atoms with Crippen LogP contribution in [-0.2, 0) is 16.0 Å². The van der Waals surface area contributed by atoms with Gasteiger partial charge in [-0.2, -0.15) is 8.78 Å². The Labute approximate surface area is 228 Å². The number of carbonyl (C=O) groups is 2. The van der Waals surface area contributed by atoms with Gasteiger partial charge in [-0.05, 0) is 61.2 Å². The van der Waals surface area contributed by atoms with Crippen molar-refractivity contribution >= 4 is 11.7 Å². The first kappa shape index (κ1) is 31.4. The lowest BCUT2D eigenvalue weighted by Crippen LogP contribution is -2.53. The summed E-state index contributed by atoms with van der Waals surface area (Å²) in [5.74, 6) is -6.48. The second-order valence-electron chi connectivity index (χ2n) is 10.00. The molecule has 1 fully saturated rings. The molecule has 3 N–H and O–H groups in total. The number of ketones is 1. The standard InChI is InChI=1S/C28H33F6N3O3/c1-2-3-24(25(38)26(39)37-21-10-11-21)35-16-22(15-27(31,32)14-18-4-6-19(29)7-5-18)36-17-28(33,34)40-23-12-8-20(30)9-13-23/h4-9,12-13,21-22,24,35-36H,2-3,10-11,14-17H2,1H3,(H,37,39)/t22-,24-/m0/s1. The lowest BCUT2D eigenvalue weighted by molar-refractivity contribution is -0.173. The van der Waals surface area contributed by atoms with E-state index in [0.29, 0.717) is 6.42 Å². The average molecular weight is 574 g/mol. The molecule has 220 valence electrons. The molecule has 1 amide bonds. The molecule has 1 aliphatic carbocycles. The Morgan fingerprint density at radius 2 is 1.55 bits per heavy atom. The van der Waals surface area contributed by atoms with E-state index in [9.17, 15) is 27.2 Å². The number of Topliss-reactive ketones (excluding diaryl/α,β-unsaturated/α-hetero) is 1. The van der Waals surface area contributed by atoms with Gasteiger partial charge in [-0.25, -0.2) is 17.6 Å². The molecule has 1 saturated carbocycles. The number of carbonyl (C=O) groups excluding carboxylic acids is 2. The Kier molecular flexibility index (Phi) is 11.0. The maximum absolute atomic E-state index is 15.0. The van der Waals surface area contributed by atoms with E-state index < -0.39 is 66.8 Å². The Morgan fingerprint density at radius 1 is 0.950 bits per heavy atom. The van der Waals surface area contributed by atoms with Crippen molar-refractivity contribution in [2.75, 3.05) is 13.1 Å². The first-order valence-corrected chi connectivity index (χ1v) is 13.1.